The molecular weight excluding hydrogens is 286 g/mol. The molecule has 2 N–H and O–H groups in total. The molecule has 0 bridgehead atoms. The third-order valence-corrected chi connectivity index (χ3v) is 4.21. The molecule has 0 aromatic rings. The number of carbonyl (C=O) groups excluding carboxylic acids is 1. The highest BCUT2D eigenvalue weighted by molar-refractivity contribution is 5.79. The average molecular weight is 311 g/mol. The summed E-state index contributed by atoms with van der Waals surface area (Å²) in [5, 5.41) is 12.5. The highest BCUT2D eigenvalue weighted by Crippen LogP contribution is 2.35. The van der Waals surface area contributed by atoms with Crippen molar-refractivity contribution in [1.82, 2.24) is 15.1 Å². The van der Waals surface area contributed by atoms with E-state index in [2.05, 4.69) is 5.32 Å². The molecule has 0 aromatic carbocycles. The first-order chi connectivity index (χ1) is 9.95. The van der Waals surface area contributed by atoms with Crippen molar-refractivity contribution < 1.29 is 19.4 Å². The molecule has 0 saturated heterocycles. The van der Waals surface area contributed by atoms with Crippen molar-refractivity contribution in [2.75, 3.05) is 13.6 Å². The number of carbonyl (C=O) groups is 2. The van der Waals surface area contributed by atoms with Gasteiger partial charge in [0, 0.05) is 25.2 Å². The number of carboxylic acids is 1. The number of hydrogen-bond acceptors (Lipinski definition) is 5. The molecule has 2 aliphatic rings. The molecule has 0 aliphatic carbocycles. The minimum absolute atomic E-state index is 0.0472. The smallest absolute Gasteiger partial charge is 0.410 e. The quantitative estimate of drug-likeness (QED) is 0.765. The van der Waals surface area contributed by atoms with Crippen LogP contribution in [0.25, 0.3) is 0 Å². The lowest BCUT2D eigenvalue weighted by Gasteiger charge is -2.36. The van der Waals surface area contributed by atoms with Gasteiger partial charge in [0.25, 0.3) is 0 Å². The van der Waals surface area contributed by atoms with Crippen LogP contribution >= 0.6 is 0 Å². The van der Waals surface area contributed by atoms with Gasteiger partial charge < -0.3 is 20.1 Å². The highest BCUT2D eigenvalue weighted by Gasteiger charge is 2.48. The zero-order chi connectivity index (χ0) is 16.9. The summed E-state index contributed by atoms with van der Waals surface area (Å²) in [6, 6.07) is -0.0472. The van der Waals surface area contributed by atoms with Gasteiger partial charge in [-0.3, -0.25) is 4.90 Å². The minimum Gasteiger partial charge on any atom is -0.478 e. The van der Waals surface area contributed by atoms with Gasteiger partial charge in [-0.05, 0) is 34.6 Å². The van der Waals surface area contributed by atoms with E-state index < -0.39 is 17.2 Å². The van der Waals surface area contributed by atoms with Gasteiger partial charge in [0.1, 0.15) is 5.60 Å². The summed E-state index contributed by atoms with van der Waals surface area (Å²) in [7, 11) is 1.76. The van der Waals surface area contributed by atoms with Gasteiger partial charge in [-0.1, -0.05) is 0 Å². The van der Waals surface area contributed by atoms with Gasteiger partial charge in [-0.2, -0.15) is 0 Å². The third-order valence-electron chi connectivity index (χ3n) is 4.21. The number of nitrogens with zero attached hydrogens (tertiary/aromatic N) is 2. The number of aliphatic carboxylic acids is 1. The van der Waals surface area contributed by atoms with Crippen molar-refractivity contribution >= 4 is 12.1 Å². The van der Waals surface area contributed by atoms with E-state index in [1.807, 2.05) is 27.7 Å². The lowest BCUT2D eigenvalue weighted by atomic mass is 10.0. The molecule has 1 amide bonds. The summed E-state index contributed by atoms with van der Waals surface area (Å²) >= 11 is 0. The zero-order valence-corrected chi connectivity index (χ0v) is 14.1. The number of hydrogen-bond donors (Lipinski definition) is 2. The molecular formula is C15H25N3O4. The summed E-state index contributed by atoms with van der Waals surface area (Å²) in [6.07, 6.45) is 0.223. The number of nitrogens with one attached hydrogen (secondary N) is 1. The van der Waals surface area contributed by atoms with Gasteiger partial charge in [-0.15, -0.1) is 0 Å². The van der Waals surface area contributed by atoms with Crippen molar-refractivity contribution in [3.63, 3.8) is 0 Å². The monoisotopic (exact) mass is 311 g/mol. The predicted molar refractivity (Wildman–Crippen MR) is 81.0 cm³/mol. The maximum absolute atomic E-state index is 12.3. The molecule has 0 radical (unpaired) electrons. The van der Waals surface area contributed by atoms with Gasteiger partial charge >= 0.3 is 12.1 Å². The first-order valence-corrected chi connectivity index (χ1v) is 7.43. The van der Waals surface area contributed by atoms with E-state index in [4.69, 9.17) is 4.74 Å². The average Bonchev–Trinajstić information content (AvgIpc) is 2.60. The Balaban J connectivity index is 2.19. The first-order valence-electron chi connectivity index (χ1n) is 7.43. The number of carboxylic acid groups (broad SMARTS) is 1. The van der Waals surface area contributed by atoms with Gasteiger partial charge in [0.05, 0.1) is 12.2 Å². The summed E-state index contributed by atoms with van der Waals surface area (Å²) in [5.41, 5.74) is -0.0107. The van der Waals surface area contributed by atoms with E-state index in [1.54, 1.807) is 23.8 Å². The Morgan fingerprint density at radius 1 is 1.41 bits per heavy atom. The Kier molecular flexibility index (Phi) is 3.79. The summed E-state index contributed by atoms with van der Waals surface area (Å²) in [4.78, 5) is 27.2. The van der Waals surface area contributed by atoms with E-state index in [0.717, 1.165) is 11.4 Å². The Morgan fingerprint density at radius 2 is 2.00 bits per heavy atom. The summed E-state index contributed by atoms with van der Waals surface area (Å²) in [5.74, 6) is -0.944. The maximum Gasteiger partial charge on any atom is 0.410 e. The van der Waals surface area contributed by atoms with Crippen LogP contribution in [0.4, 0.5) is 4.79 Å². The largest absolute Gasteiger partial charge is 0.478 e. The Morgan fingerprint density at radius 3 is 2.50 bits per heavy atom. The van der Waals surface area contributed by atoms with Crippen LogP contribution in [0, 0.1) is 0 Å². The van der Waals surface area contributed by atoms with E-state index in [-0.39, 0.29) is 12.1 Å². The van der Waals surface area contributed by atoms with Crippen LogP contribution in [0.1, 0.15) is 41.0 Å². The normalized spacial score (nSPS) is 28.4. The lowest BCUT2D eigenvalue weighted by Crippen LogP contribution is -2.55. The van der Waals surface area contributed by atoms with E-state index in [1.165, 1.54) is 0 Å². The number of likely N-dealkylation sites (N-methyl/N-ethyl adjacent to an activating group) is 1. The molecule has 0 aromatic heterocycles. The van der Waals surface area contributed by atoms with Crippen LogP contribution in [0.15, 0.2) is 11.4 Å². The van der Waals surface area contributed by atoms with E-state index in [0.29, 0.717) is 13.0 Å². The fourth-order valence-electron chi connectivity index (χ4n) is 2.79. The van der Waals surface area contributed by atoms with Crippen LogP contribution in [0.2, 0.25) is 0 Å². The summed E-state index contributed by atoms with van der Waals surface area (Å²) < 4.78 is 5.43. The lowest BCUT2D eigenvalue weighted by molar-refractivity contribution is -0.149. The summed E-state index contributed by atoms with van der Waals surface area (Å²) in [6.45, 7) is 9.38. The van der Waals surface area contributed by atoms with Crippen LogP contribution in [-0.2, 0) is 9.53 Å². The Bertz CT molecular complexity index is 537. The zero-order valence-electron chi connectivity index (χ0n) is 14.1. The molecule has 0 saturated carbocycles. The third kappa shape index (κ3) is 2.71. The SMILES string of the molecule is CC1CC2=C(CN1C(=O)OC(C)(C)C)NC(C)(C(=O)O)N2C. The Labute approximate surface area is 130 Å². The van der Waals surface area contributed by atoms with Crippen molar-refractivity contribution in [2.24, 2.45) is 0 Å². The fraction of sp³-hybridized carbons (Fsp3) is 0.733. The van der Waals surface area contributed by atoms with Crippen molar-refractivity contribution in [1.29, 1.82) is 0 Å². The van der Waals surface area contributed by atoms with Gasteiger partial charge in [0.2, 0.25) is 5.66 Å². The van der Waals surface area contributed by atoms with E-state index in [9.17, 15) is 14.7 Å². The molecule has 2 atom stereocenters. The fourth-order valence-corrected chi connectivity index (χ4v) is 2.79. The molecule has 0 fully saturated rings. The second-order valence-corrected chi connectivity index (χ2v) is 7.15. The maximum atomic E-state index is 12.3. The van der Waals surface area contributed by atoms with Crippen molar-refractivity contribution in [2.45, 2.75) is 58.3 Å². The number of ether oxygens (including phenoxy) is 1. The molecule has 2 aliphatic heterocycles. The van der Waals surface area contributed by atoms with Gasteiger partial charge in [0.15, 0.2) is 0 Å². The van der Waals surface area contributed by atoms with Crippen LogP contribution in [0.3, 0.4) is 0 Å². The molecule has 7 heteroatoms. The van der Waals surface area contributed by atoms with Crippen LogP contribution in [0.5, 0.6) is 0 Å². The van der Waals surface area contributed by atoms with Crippen LogP contribution < -0.4 is 5.32 Å². The first kappa shape index (κ1) is 16.5. The molecule has 7 nitrogen and oxygen atoms in total. The van der Waals surface area contributed by atoms with Crippen molar-refractivity contribution in [3.8, 4) is 0 Å². The molecule has 2 rings (SSSR count). The number of rotatable bonds is 1. The molecule has 124 valence electrons. The van der Waals surface area contributed by atoms with E-state index >= 15 is 0 Å². The minimum atomic E-state index is -1.17. The molecule has 2 unspecified atom stereocenters. The molecule has 2 heterocycles. The second-order valence-electron chi connectivity index (χ2n) is 7.15. The van der Waals surface area contributed by atoms with Crippen LogP contribution in [-0.4, -0.2) is 57.9 Å². The highest BCUT2D eigenvalue weighted by atomic mass is 16.6. The topological polar surface area (TPSA) is 82.1 Å². The molecule has 22 heavy (non-hydrogen) atoms. The van der Waals surface area contributed by atoms with Crippen molar-refractivity contribution in [3.05, 3.63) is 11.4 Å². The second kappa shape index (κ2) is 5.07. The Hall–Kier alpha value is -1.92. The number of amides is 1. The van der Waals surface area contributed by atoms with Gasteiger partial charge in [-0.25, -0.2) is 9.59 Å². The molecule has 0 spiro atoms. The standard InChI is InChI=1S/C15H25N3O4/c1-9-7-11-10(16-15(5,12(19)20)17(11)6)8-18(9)13(21)22-14(2,3)4/h9,16H,7-8H2,1-6H3,(H,19,20). The predicted octanol–water partition coefficient (Wildman–Crippen LogP) is 1.56.